The van der Waals surface area contributed by atoms with E-state index < -0.39 is 0 Å². The molecule has 0 N–H and O–H groups in total. The van der Waals surface area contributed by atoms with Gasteiger partial charge in [-0.2, -0.15) is 0 Å². The molecule has 0 saturated carbocycles. The fourth-order valence-corrected chi connectivity index (χ4v) is 4.91. The van der Waals surface area contributed by atoms with Gasteiger partial charge in [-0.3, -0.25) is 14.2 Å². The molecule has 0 spiro atoms. The van der Waals surface area contributed by atoms with Gasteiger partial charge in [-0.25, -0.2) is 0 Å². The number of amides is 2. The molecular formula is C23H33N5O2S. The summed E-state index contributed by atoms with van der Waals surface area (Å²) in [6.07, 6.45) is 2.74. The molecule has 168 valence electrons. The van der Waals surface area contributed by atoms with Gasteiger partial charge in [0.2, 0.25) is 11.8 Å². The third-order valence-electron chi connectivity index (χ3n) is 5.68. The molecule has 1 fully saturated rings. The summed E-state index contributed by atoms with van der Waals surface area (Å²) in [7, 11) is 0. The van der Waals surface area contributed by atoms with Crippen LogP contribution in [-0.4, -0.2) is 67.8 Å². The number of benzene rings is 1. The van der Waals surface area contributed by atoms with Crippen LogP contribution in [0.4, 0.5) is 0 Å². The molecule has 2 heterocycles. The molecule has 1 aliphatic heterocycles. The summed E-state index contributed by atoms with van der Waals surface area (Å²) in [5.41, 5.74) is 2.26. The molecule has 1 saturated heterocycles. The highest BCUT2D eigenvalue weighted by molar-refractivity contribution is 7.99. The topological polar surface area (TPSA) is 71.3 Å². The summed E-state index contributed by atoms with van der Waals surface area (Å²) in [6.45, 7) is 9.99. The number of aromatic nitrogens is 3. The van der Waals surface area contributed by atoms with Crippen molar-refractivity contribution in [2.45, 2.75) is 64.6 Å². The first-order valence-electron chi connectivity index (χ1n) is 11.1. The van der Waals surface area contributed by atoms with Crippen LogP contribution >= 0.6 is 11.8 Å². The van der Waals surface area contributed by atoms with Crippen LogP contribution in [0.15, 0.2) is 29.4 Å². The average Bonchev–Trinajstić information content (AvgIpc) is 3.11. The van der Waals surface area contributed by atoms with E-state index in [1.807, 2.05) is 42.7 Å². The molecule has 2 aromatic rings. The Bertz CT molecular complexity index is 913. The second-order valence-electron chi connectivity index (χ2n) is 8.13. The highest BCUT2D eigenvalue weighted by Gasteiger charge is 2.28. The predicted molar refractivity (Wildman–Crippen MR) is 123 cm³/mol. The smallest absolute Gasteiger partial charge is 0.222 e. The molecule has 1 aliphatic rings. The lowest BCUT2D eigenvalue weighted by Gasteiger charge is -2.40. The van der Waals surface area contributed by atoms with E-state index in [0.29, 0.717) is 32.5 Å². The van der Waals surface area contributed by atoms with Gasteiger partial charge in [-0.1, -0.05) is 36.9 Å². The Morgan fingerprint density at radius 2 is 1.87 bits per heavy atom. The summed E-state index contributed by atoms with van der Waals surface area (Å²) in [5.74, 6) is 2.04. The van der Waals surface area contributed by atoms with Gasteiger partial charge in [0, 0.05) is 44.3 Å². The normalized spacial score (nSPS) is 16.6. The van der Waals surface area contributed by atoms with Crippen LogP contribution in [0, 0.1) is 13.8 Å². The maximum absolute atomic E-state index is 12.7. The lowest BCUT2D eigenvalue weighted by Crippen LogP contribution is -2.55. The summed E-state index contributed by atoms with van der Waals surface area (Å²) in [6, 6.07) is 8.29. The van der Waals surface area contributed by atoms with Crippen LogP contribution in [0.25, 0.3) is 5.69 Å². The number of thioether (sulfide) groups is 1. The molecule has 31 heavy (non-hydrogen) atoms. The van der Waals surface area contributed by atoms with E-state index in [1.54, 1.807) is 11.8 Å². The lowest BCUT2D eigenvalue weighted by molar-refractivity contribution is -0.142. The standard InChI is InChI=1S/C23H33N5O2S/c1-5-9-22(30)27-14-13-26(16-18(27)3)21(29)12-8-15-31-23-25-24-19(4)28(23)20-11-7-6-10-17(20)2/h6-7,10-11,18H,5,8-9,12-16H2,1-4H3. The Balaban J connectivity index is 1.49. The summed E-state index contributed by atoms with van der Waals surface area (Å²) >= 11 is 1.64. The first-order valence-corrected chi connectivity index (χ1v) is 12.1. The fraction of sp³-hybridized carbons (Fsp3) is 0.565. The van der Waals surface area contributed by atoms with Gasteiger partial charge < -0.3 is 9.80 Å². The molecule has 1 unspecified atom stereocenters. The van der Waals surface area contributed by atoms with Crippen LogP contribution in [-0.2, 0) is 9.59 Å². The van der Waals surface area contributed by atoms with Crippen molar-refractivity contribution < 1.29 is 9.59 Å². The molecule has 2 amide bonds. The quantitative estimate of drug-likeness (QED) is 0.460. The zero-order valence-corrected chi connectivity index (χ0v) is 19.8. The van der Waals surface area contributed by atoms with Crippen LogP contribution in [0.1, 0.15) is 50.9 Å². The third kappa shape index (κ3) is 5.67. The van der Waals surface area contributed by atoms with Crippen molar-refractivity contribution in [3.63, 3.8) is 0 Å². The zero-order valence-electron chi connectivity index (χ0n) is 19.0. The van der Waals surface area contributed by atoms with Crippen molar-refractivity contribution in [1.82, 2.24) is 24.6 Å². The number of carbonyl (C=O) groups is 2. The Kier molecular flexibility index (Phi) is 8.12. The monoisotopic (exact) mass is 443 g/mol. The summed E-state index contributed by atoms with van der Waals surface area (Å²) in [5, 5.41) is 9.44. The molecule has 7 nitrogen and oxygen atoms in total. The van der Waals surface area contributed by atoms with Crippen LogP contribution < -0.4 is 0 Å². The third-order valence-corrected chi connectivity index (χ3v) is 6.70. The lowest BCUT2D eigenvalue weighted by atomic mass is 10.1. The SMILES string of the molecule is CCCC(=O)N1CCN(C(=O)CCCSc2nnc(C)n2-c2ccccc2C)CC1C. The first-order chi connectivity index (χ1) is 14.9. The van der Waals surface area contributed by atoms with Gasteiger partial charge in [0.15, 0.2) is 5.16 Å². The minimum absolute atomic E-state index is 0.0850. The molecule has 0 radical (unpaired) electrons. The largest absolute Gasteiger partial charge is 0.339 e. The summed E-state index contributed by atoms with van der Waals surface area (Å²) in [4.78, 5) is 28.7. The van der Waals surface area contributed by atoms with Gasteiger partial charge in [0.1, 0.15) is 5.82 Å². The number of hydrogen-bond acceptors (Lipinski definition) is 5. The number of nitrogens with zero attached hydrogens (tertiary/aromatic N) is 5. The first kappa shape index (κ1) is 23.3. The van der Waals surface area contributed by atoms with Gasteiger partial charge in [0.05, 0.1) is 5.69 Å². The number of para-hydroxylation sites is 1. The van der Waals surface area contributed by atoms with E-state index in [1.165, 1.54) is 5.56 Å². The van der Waals surface area contributed by atoms with E-state index in [2.05, 4.69) is 33.8 Å². The second kappa shape index (κ2) is 10.8. The van der Waals surface area contributed by atoms with E-state index in [0.717, 1.165) is 35.3 Å². The maximum atomic E-state index is 12.7. The molecule has 3 rings (SSSR count). The number of piperazine rings is 1. The van der Waals surface area contributed by atoms with Gasteiger partial charge >= 0.3 is 0 Å². The van der Waals surface area contributed by atoms with Crippen LogP contribution in [0.2, 0.25) is 0 Å². The minimum atomic E-state index is 0.0850. The van der Waals surface area contributed by atoms with E-state index in [4.69, 9.17) is 0 Å². The zero-order chi connectivity index (χ0) is 22.4. The molecule has 1 aromatic heterocycles. The Morgan fingerprint density at radius 1 is 1.10 bits per heavy atom. The maximum Gasteiger partial charge on any atom is 0.222 e. The second-order valence-corrected chi connectivity index (χ2v) is 9.19. The fourth-order valence-electron chi connectivity index (χ4n) is 3.99. The molecule has 1 aromatic carbocycles. The van der Waals surface area contributed by atoms with E-state index in [9.17, 15) is 9.59 Å². The Hall–Kier alpha value is -2.35. The predicted octanol–water partition coefficient (Wildman–Crippen LogP) is 3.62. The van der Waals surface area contributed by atoms with Gasteiger partial charge in [-0.15, -0.1) is 10.2 Å². The Morgan fingerprint density at radius 3 is 2.58 bits per heavy atom. The number of carbonyl (C=O) groups excluding carboxylic acids is 2. The van der Waals surface area contributed by atoms with E-state index >= 15 is 0 Å². The number of hydrogen-bond donors (Lipinski definition) is 0. The highest BCUT2D eigenvalue weighted by Crippen LogP contribution is 2.25. The van der Waals surface area contributed by atoms with Crippen molar-refractivity contribution in [2.75, 3.05) is 25.4 Å². The van der Waals surface area contributed by atoms with E-state index in [-0.39, 0.29) is 17.9 Å². The molecular weight excluding hydrogens is 410 g/mol. The molecule has 8 heteroatoms. The van der Waals surface area contributed by atoms with Crippen molar-refractivity contribution in [1.29, 1.82) is 0 Å². The Labute approximate surface area is 189 Å². The van der Waals surface area contributed by atoms with Crippen LogP contribution in [0.3, 0.4) is 0 Å². The summed E-state index contributed by atoms with van der Waals surface area (Å²) < 4.78 is 2.08. The van der Waals surface area contributed by atoms with Crippen molar-refractivity contribution in [3.05, 3.63) is 35.7 Å². The van der Waals surface area contributed by atoms with Crippen molar-refractivity contribution in [2.24, 2.45) is 0 Å². The molecule has 0 aliphatic carbocycles. The van der Waals surface area contributed by atoms with Crippen molar-refractivity contribution in [3.8, 4) is 5.69 Å². The number of aryl methyl sites for hydroxylation is 2. The number of rotatable bonds is 8. The highest BCUT2D eigenvalue weighted by atomic mass is 32.2. The van der Waals surface area contributed by atoms with Gasteiger partial charge in [0.25, 0.3) is 0 Å². The molecule has 0 bridgehead atoms. The van der Waals surface area contributed by atoms with Gasteiger partial charge in [-0.05, 0) is 45.2 Å². The minimum Gasteiger partial charge on any atom is -0.339 e. The van der Waals surface area contributed by atoms with Crippen molar-refractivity contribution >= 4 is 23.6 Å². The molecule has 1 atom stereocenters. The average molecular weight is 444 g/mol. The van der Waals surface area contributed by atoms with Crippen LogP contribution in [0.5, 0.6) is 0 Å².